The van der Waals surface area contributed by atoms with Crippen LogP contribution in [0.4, 0.5) is 11.6 Å². The van der Waals surface area contributed by atoms with Crippen molar-refractivity contribution in [2.45, 2.75) is 0 Å². The number of hydrogen-bond donors (Lipinski definition) is 1. The van der Waals surface area contributed by atoms with Gasteiger partial charge in [0, 0.05) is 25.4 Å². The smallest absolute Gasteiger partial charge is 0.255 e. The lowest BCUT2D eigenvalue weighted by molar-refractivity contribution is 0.770. The van der Waals surface area contributed by atoms with Gasteiger partial charge in [0.15, 0.2) is 5.82 Å². The van der Waals surface area contributed by atoms with E-state index >= 15 is 0 Å². The minimum Gasteiger partial charge on any atom is -0.323 e. The molecule has 0 amide bonds. The van der Waals surface area contributed by atoms with Crippen LogP contribution in [-0.2, 0) is 7.05 Å². The summed E-state index contributed by atoms with van der Waals surface area (Å²) in [7, 11) is 1.84. The topological polar surface area (TPSA) is 72.9 Å². The lowest BCUT2D eigenvalue weighted by Crippen LogP contribution is -2.02. The molecule has 3 aromatic rings. The molecule has 7 nitrogen and oxygen atoms in total. The highest BCUT2D eigenvalue weighted by Crippen LogP contribution is 2.18. The van der Waals surface area contributed by atoms with Gasteiger partial charge in [-0.05, 0) is 0 Å². The number of rotatable bonds is 2. The molecular weight excluding hydrogens is 242 g/mol. The highest BCUT2D eigenvalue weighted by molar-refractivity contribution is 6.29. The van der Waals surface area contributed by atoms with Crippen molar-refractivity contribution in [3.05, 3.63) is 29.8 Å². The van der Waals surface area contributed by atoms with E-state index in [1.54, 1.807) is 15.3 Å². The van der Waals surface area contributed by atoms with Gasteiger partial charge in [0.1, 0.15) is 17.3 Å². The number of nitrogens with zero attached hydrogens (tertiary/aromatic N) is 6. The number of hydrogen-bond acceptors (Lipinski definition) is 5. The van der Waals surface area contributed by atoms with Crippen LogP contribution in [0.1, 0.15) is 0 Å². The first-order valence-corrected chi connectivity index (χ1v) is 5.23. The normalized spacial score (nSPS) is 10.9. The molecule has 0 bridgehead atoms. The van der Waals surface area contributed by atoms with E-state index in [-0.39, 0.29) is 0 Å². The molecule has 0 aliphatic rings. The Hall–Kier alpha value is -2.15. The van der Waals surface area contributed by atoms with Gasteiger partial charge in [-0.3, -0.25) is 4.68 Å². The van der Waals surface area contributed by atoms with Crippen molar-refractivity contribution < 1.29 is 0 Å². The van der Waals surface area contributed by atoms with Crippen LogP contribution in [0.3, 0.4) is 0 Å². The molecule has 0 aliphatic heterocycles. The Labute approximate surface area is 101 Å². The van der Waals surface area contributed by atoms with E-state index in [1.807, 2.05) is 19.3 Å². The van der Waals surface area contributed by atoms with Gasteiger partial charge >= 0.3 is 0 Å². The van der Waals surface area contributed by atoms with Crippen molar-refractivity contribution in [3.8, 4) is 0 Å². The largest absolute Gasteiger partial charge is 0.323 e. The zero-order chi connectivity index (χ0) is 11.8. The average molecular weight is 250 g/mol. The second-order valence-electron chi connectivity index (χ2n) is 3.44. The van der Waals surface area contributed by atoms with E-state index in [2.05, 4.69) is 25.5 Å². The maximum atomic E-state index is 5.89. The molecule has 0 aliphatic carbocycles. The van der Waals surface area contributed by atoms with Crippen molar-refractivity contribution >= 4 is 29.0 Å². The van der Waals surface area contributed by atoms with Crippen LogP contribution >= 0.6 is 11.6 Å². The zero-order valence-electron chi connectivity index (χ0n) is 8.87. The van der Waals surface area contributed by atoms with Crippen LogP contribution < -0.4 is 5.32 Å². The summed E-state index contributed by atoms with van der Waals surface area (Å²) in [6.45, 7) is 0. The van der Waals surface area contributed by atoms with Gasteiger partial charge < -0.3 is 5.32 Å². The fourth-order valence-corrected chi connectivity index (χ4v) is 1.66. The molecule has 1 N–H and O–H groups in total. The highest BCUT2D eigenvalue weighted by Gasteiger charge is 2.07. The molecule has 8 heteroatoms. The first kappa shape index (κ1) is 10.0. The Morgan fingerprint density at radius 1 is 1.41 bits per heavy atom. The summed E-state index contributed by atoms with van der Waals surface area (Å²) >= 11 is 5.89. The molecule has 3 aromatic heterocycles. The second-order valence-corrected chi connectivity index (χ2v) is 3.82. The third-order valence-electron chi connectivity index (χ3n) is 2.19. The van der Waals surface area contributed by atoms with Gasteiger partial charge in [0.05, 0.1) is 0 Å². The van der Waals surface area contributed by atoms with Crippen LogP contribution in [0.5, 0.6) is 0 Å². The van der Waals surface area contributed by atoms with Gasteiger partial charge in [-0.25, -0.2) is 0 Å². The van der Waals surface area contributed by atoms with Gasteiger partial charge in [0.2, 0.25) is 0 Å². The summed E-state index contributed by atoms with van der Waals surface area (Å²) < 4.78 is 3.25. The Morgan fingerprint density at radius 2 is 2.29 bits per heavy atom. The fraction of sp³-hybridized carbons (Fsp3) is 0.111. The molecule has 0 spiro atoms. The molecule has 17 heavy (non-hydrogen) atoms. The van der Waals surface area contributed by atoms with Crippen LogP contribution in [-0.4, -0.2) is 29.4 Å². The Kier molecular flexibility index (Phi) is 2.19. The Balaban J connectivity index is 2.07. The summed E-state index contributed by atoms with van der Waals surface area (Å²) in [6.07, 6.45) is 3.26. The molecule has 3 rings (SSSR count). The molecule has 0 fully saturated rings. The summed E-state index contributed by atoms with van der Waals surface area (Å²) in [5.41, 5.74) is 0. The standard InChI is InChI=1S/C9H8ClN7/c1-16-3-2-7(15-16)14-8-4-6(10)13-9-11-5-12-17(8)9/h2-5H,1H3,(H,14,15). The molecule has 0 saturated heterocycles. The lowest BCUT2D eigenvalue weighted by Gasteiger charge is -2.04. The van der Waals surface area contributed by atoms with Crippen molar-refractivity contribution in [1.29, 1.82) is 0 Å². The first-order valence-electron chi connectivity index (χ1n) is 4.85. The molecule has 0 radical (unpaired) electrons. The molecular formula is C9H8ClN7. The number of aromatic nitrogens is 6. The van der Waals surface area contributed by atoms with E-state index in [1.165, 1.54) is 6.33 Å². The van der Waals surface area contributed by atoms with Crippen LogP contribution in [0.15, 0.2) is 24.7 Å². The van der Waals surface area contributed by atoms with E-state index in [0.29, 0.717) is 22.6 Å². The molecule has 3 heterocycles. The number of aryl methyl sites for hydroxylation is 1. The summed E-state index contributed by atoms with van der Waals surface area (Å²) in [5, 5.41) is 11.7. The molecule has 0 unspecified atom stereocenters. The predicted molar refractivity (Wildman–Crippen MR) is 62.3 cm³/mol. The van der Waals surface area contributed by atoms with Crippen molar-refractivity contribution in [3.63, 3.8) is 0 Å². The number of anilines is 2. The van der Waals surface area contributed by atoms with E-state index in [4.69, 9.17) is 11.6 Å². The second kappa shape index (κ2) is 3.70. The zero-order valence-corrected chi connectivity index (χ0v) is 9.63. The number of nitrogens with one attached hydrogen (secondary N) is 1. The van der Waals surface area contributed by atoms with E-state index < -0.39 is 0 Å². The van der Waals surface area contributed by atoms with Crippen molar-refractivity contribution in [2.24, 2.45) is 7.05 Å². The highest BCUT2D eigenvalue weighted by atomic mass is 35.5. The summed E-state index contributed by atoms with van der Waals surface area (Å²) in [5.74, 6) is 1.80. The maximum Gasteiger partial charge on any atom is 0.255 e. The molecule has 0 saturated carbocycles. The van der Waals surface area contributed by atoms with Crippen LogP contribution in [0, 0.1) is 0 Å². The van der Waals surface area contributed by atoms with Crippen LogP contribution in [0.2, 0.25) is 5.15 Å². The fourth-order valence-electron chi connectivity index (χ4n) is 1.49. The van der Waals surface area contributed by atoms with Gasteiger partial charge in [0.25, 0.3) is 5.78 Å². The Morgan fingerprint density at radius 3 is 3.06 bits per heavy atom. The third kappa shape index (κ3) is 1.80. The minimum atomic E-state index is 0.351. The van der Waals surface area contributed by atoms with Crippen molar-refractivity contribution in [1.82, 2.24) is 29.4 Å². The predicted octanol–water partition coefficient (Wildman–Crippen LogP) is 1.25. The van der Waals surface area contributed by atoms with Crippen LogP contribution in [0.25, 0.3) is 5.78 Å². The number of halogens is 1. The van der Waals surface area contributed by atoms with Crippen molar-refractivity contribution in [2.75, 3.05) is 5.32 Å². The lowest BCUT2D eigenvalue weighted by atomic mass is 10.5. The van der Waals surface area contributed by atoms with Gasteiger partial charge in [-0.1, -0.05) is 11.6 Å². The number of fused-ring (bicyclic) bond motifs is 1. The van der Waals surface area contributed by atoms with Gasteiger partial charge in [-0.15, -0.1) is 0 Å². The molecule has 0 atom stereocenters. The quantitative estimate of drug-likeness (QED) is 0.692. The Bertz CT molecular complexity index is 671. The van der Waals surface area contributed by atoms with E-state index in [9.17, 15) is 0 Å². The minimum absolute atomic E-state index is 0.351. The molecule has 86 valence electrons. The molecule has 0 aromatic carbocycles. The van der Waals surface area contributed by atoms with E-state index in [0.717, 1.165) is 0 Å². The first-order chi connectivity index (χ1) is 8.22. The summed E-state index contributed by atoms with van der Waals surface area (Å²) in [4.78, 5) is 8.01. The summed E-state index contributed by atoms with van der Waals surface area (Å²) in [6, 6.07) is 3.51. The maximum absolute atomic E-state index is 5.89. The van der Waals surface area contributed by atoms with Gasteiger partial charge in [-0.2, -0.15) is 24.7 Å². The third-order valence-corrected chi connectivity index (χ3v) is 2.38. The SMILES string of the molecule is Cn1ccc(Nc2cc(Cl)nc3ncnn23)n1. The monoisotopic (exact) mass is 249 g/mol. The average Bonchev–Trinajstić information content (AvgIpc) is 2.87.